The Kier molecular flexibility index (Phi) is 3.29. The minimum Gasteiger partial charge on any atom is -0.327 e. The Morgan fingerprint density at radius 1 is 1.33 bits per heavy atom. The second-order valence-electron chi connectivity index (χ2n) is 3.10. The van der Waals surface area contributed by atoms with Crippen molar-refractivity contribution in [2.75, 3.05) is 18.1 Å². The van der Waals surface area contributed by atoms with Crippen LogP contribution < -0.4 is 5.73 Å². The Morgan fingerprint density at radius 2 is 2.08 bits per heavy atom. The fourth-order valence-corrected chi connectivity index (χ4v) is 2.77. The Morgan fingerprint density at radius 3 is 2.75 bits per heavy atom. The van der Waals surface area contributed by atoms with Crippen LogP contribution in [0.2, 0.25) is 0 Å². The Labute approximate surface area is 73.6 Å². The van der Waals surface area contributed by atoms with Crippen LogP contribution in [0.15, 0.2) is 11.6 Å². The molecule has 0 atom stereocenters. The fraction of sp³-hybridized carbons (Fsp3) is 0.750. The number of hydrogen-bond donors (Lipinski definition) is 1. The number of rotatable bonds is 1. The molecule has 0 aromatic rings. The van der Waals surface area contributed by atoms with E-state index in [1.165, 1.54) is 5.57 Å². The molecule has 1 fully saturated rings. The van der Waals surface area contributed by atoms with Crippen LogP contribution in [-0.2, 0) is 9.84 Å². The van der Waals surface area contributed by atoms with Crippen LogP contribution in [0.1, 0.15) is 19.3 Å². The standard InChI is InChI=1S/C8H15NO2S/c9-5-3-8-2-1-6-12(10,11)7-4-8/h3H,1-2,4-7,9H2/b8-3+. The van der Waals surface area contributed by atoms with Crippen LogP contribution in [-0.4, -0.2) is 26.5 Å². The highest BCUT2D eigenvalue weighted by atomic mass is 32.2. The maximum absolute atomic E-state index is 11.2. The van der Waals surface area contributed by atoms with Crippen molar-refractivity contribution in [3.63, 3.8) is 0 Å². The van der Waals surface area contributed by atoms with Crippen molar-refractivity contribution in [2.45, 2.75) is 19.3 Å². The molecule has 2 N–H and O–H groups in total. The van der Waals surface area contributed by atoms with Gasteiger partial charge in [-0.25, -0.2) is 8.42 Å². The van der Waals surface area contributed by atoms with Crippen LogP contribution in [0, 0.1) is 0 Å². The van der Waals surface area contributed by atoms with Gasteiger partial charge in [-0.2, -0.15) is 0 Å². The molecule has 0 bridgehead atoms. The van der Waals surface area contributed by atoms with Gasteiger partial charge in [0.25, 0.3) is 0 Å². The highest BCUT2D eigenvalue weighted by molar-refractivity contribution is 7.91. The van der Waals surface area contributed by atoms with Gasteiger partial charge in [-0.1, -0.05) is 11.6 Å². The van der Waals surface area contributed by atoms with Gasteiger partial charge >= 0.3 is 0 Å². The molecule has 0 spiro atoms. The molecule has 0 unspecified atom stereocenters. The topological polar surface area (TPSA) is 60.2 Å². The minimum atomic E-state index is -2.75. The Balaban J connectivity index is 2.62. The molecule has 1 aliphatic heterocycles. The molecule has 3 nitrogen and oxygen atoms in total. The van der Waals surface area contributed by atoms with E-state index in [1.807, 2.05) is 6.08 Å². The highest BCUT2D eigenvalue weighted by Gasteiger charge is 2.15. The van der Waals surface area contributed by atoms with Gasteiger partial charge in [-0.15, -0.1) is 0 Å². The lowest BCUT2D eigenvalue weighted by Crippen LogP contribution is -2.07. The third kappa shape index (κ3) is 2.95. The molecule has 12 heavy (non-hydrogen) atoms. The first-order valence-electron chi connectivity index (χ1n) is 4.22. The lowest BCUT2D eigenvalue weighted by molar-refractivity contribution is 0.596. The van der Waals surface area contributed by atoms with Crippen molar-refractivity contribution in [1.82, 2.24) is 0 Å². The summed E-state index contributed by atoms with van der Waals surface area (Å²) in [5.41, 5.74) is 6.56. The molecule has 0 aromatic heterocycles. The van der Waals surface area contributed by atoms with E-state index in [-0.39, 0.29) is 0 Å². The second-order valence-corrected chi connectivity index (χ2v) is 5.41. The average Bonchev–Trinajstić information content (AvgIpc) is 2.14. The number of hydrogen-bond acceptors (Lipinski definition) is 3. The molecule has 0 radical (unpaired) electrons. The second kappa shape index (κ2) is 4.05. The van der Waals surface area contributed by atoms with E-state index in [0.29, 0.717) is 24.5 Å². The van der Waals surface area contributed by atoms with Gasteiger partial charge in [0, 0.05) is 6.54 Å². The smallest absolute Gasteiger partial charge is 0.150 e. The van der Waals surface area contributed by atoms with E-state index in [2.05, 4.69) is 0 Å². The Bertz CT molecular complexity index is 267. The van der Waals surface area contributed by atoms with Crippen molar-refractivity contribution in [3.8, 4) is 0 Å². The summed E-state index contributed by atoms with van der Waals surface area (Å²) in [6, 6.07) is 0. The lowest BCUT2D eigenvalue weighted by Gasteiger charge is -1.98. The molecule has 1 rings (SSSR count). The van der Waals surface area contributed by atoms with Crippen molar-refractivity contribution < 1.29 is 8.42 Å². The molecular weight excluding hydrogens is 174 g/mol. The normalized spacial score (nSPS) is 26.9. The fourth-order valence-electron chi connectivity index (χ4n) is 1.40. The van der Waals surface area contributed by atoms with Crippen molar-refractivity contribution in [3.05, 3.63) is 11.6 Å². The van der Waals surface area contributed by atoms with Gasteiger partial charge in [0.05, 0.1) is 11.5 Å². The predicted molar refractivity (Wildman–Crippen MR) is 49.6 cm³/mol. The summed E-state index contributed by atoms with van der Waals surface area (Å²) >= 11 is 0. The summed E-state index contributed by atoms with van der Waals surface area (Å²) in [7, 11) is -2.75. The van der Waals surface area contributed by atoms with E-state index in [9.17, 15) is 8.42 Å². The Hall–Kier alpha value is -0.350. The number of allylic oxidation sites excluding steroid dienone is 1. The summed E-state index contributed by atoms with van der Waals surface area (Å²) in [6.07, 6.45) is 4.28. The maximum atomic E-state index is 11.2. The van der Waals surface area contributed by atoms with Crippen LogP contribution in [0.4, 0.5) is 0 Å². The van der Waals surface area contributed by atoms with Gasteiger partial charge in [-0.05, 0) is 19.3 Å². The first-order valence-corrected chi connectivity index (χ1v) is 6.04. The first-order chi connectivity index (χ1) is 5.64. The zero-order valence-corrected chi connectivity index (χ0v) is 7.94. The van der Waals surface area contributed by atoms with E-state index in [1.54, 1.807) is 0 Å². The van der Waals surface area contributed by atoms with Gasteiger partial charge in [0.2, 0.25) is 0 Å². The van der Waals surface area contributed by atoms with Crippen LogP contribution in [0.3, 0.4) is 0 Å². The molecule has 1 heterocycles. The predicted octanol–water partition coefficient (Wildman–Crippen LogP) is 0.470. The summed E-state index contributed by atoms with van der Waals surface area (Å²) in [6.45, 7) is 0.523. The van der Waals surface area contributed by atoms with Gasteiger partial charge in [-0.3, -0.25) is 0 Å². The van der Waals surface area contributed by atoms with Crippen molar-refractivity contribution in [2.24, 2.45) is 5.73 Å². The molecule has 1 saturated heterocycles. The third-order valence-corrected chi connectivity index (χ3v) is 3.83. The molecule has 0 aliphatic carbocycles. The number of sulfone groups is 1. The van der Waals surface area contributed by atoms with E-state index in [0.717, 1.165) is 12.8 Å². The molecule has 0 amide bonds. The summed E-state index contributed by atoms with van der Waals surface area (Å²) in [5, 5.41) is 0. The maximum Gasteiger partial charge on any atom is 0.150 e. The summed E-state index contributed by atoms with van der Waals surface area (Å²) in [4.78, 5) is 0. The summed E-state index contributed by atoms with van der Waals surface area (Å²) in [5.74, 6) is 0.647. The van der Waals surface area contributed by atoms with Crippen molar-refractivity contribution >= 4 is 9.84 Å². The van der Waals surface area contributed by atoms with Crippen molar-refractivity contribution in [1.29, 1.82) is 0 Å². The van der Waals surface area contributed by atoms with E-state index in [4.69, 9.17) is 5.73 Å². The van der Waals surface area contributed by atoms with Crippen LogP contribution in [0.25, 0.3) is 0 Å². The minimum absolute atomic E-state index is 0.304. The molecular formula is C8H15NO2S. The van der Waals surface area contributed by atoms with Crippen LogP contribution >= 0.6 is 0 Å². The molecule has 0 aromatic carbocycles. The lowest BCUT2D eigenvalue weighted by atomic mass is 10.1. The van der Waals surface area contributed by atoms with Crippen LogP contribution in [0.5, 0.6) is 0 Å². The zero-order chi connectivity index (χ0) is 9.03. The monoisotopic (exact) mass is 189 g/mol. The SMILES string of the molecule is NC/C=C1\CCCS(=O)(=O)CC1. The summed E-state index contributed by atoms with van der Waals surface area (Å²) < 4.78 is 22.3. The van der Waals surface area contributed by atoms with E-state index >= 15 is 0 Å². The largest absolute Gasteiger partial charge is 0.327 e. The zero-order valence-electron chi connectivity index (χ0n) is 7.12. The molecule has 70 valence electrons. The quantitative estimate of drug-likeness (QED) is 0.610. The van der Waals surface area contributed by atoms with Gasteiger partial charge in [0.15, 0.2) is 9.84 Å². The highest BCUT2D eigenvalue weighted by Crippen LogP contribution is 2.17. The van der Waals surface area contributed by atoms with E-state index < -0.39 is 9.84 Å². The van der Waals surface area contributed by atoms with Gasteiger partial charge in [0.1, 0.15) is 0 Å². The number of nitrogens with two attached hydrogens (primary N) is 1. The molecule has 0 saturated carbocycles. The molecule has 1 aliphatic rings. The molecule has 4 heteroatoms. The first kappa shape index (κ1) is 9.74. The average molecular weight is 189 g/mol. The third-order valence-electron chi connectivity index (χ3n) is 2.09. The van der Waals surface area contributed by atoms with Gasteiger partial charge < -0.3 is 5.73 Å².